The molecule has 2 aromatic rings. The molecule has 126 valence electrons. The molecule has 0 spiro atoms. The van der Waals surface area contributed by atoms with Crippen LogP contribution in [0.4, 0.5) is 0 Å². The Morgan fingerprint density at radius 1 is 1.04 bits per heavy atom. The van der Waals surface area contributed by atoms with Crippen LogP contribution in [0.2, 0.25) is 0 Å². The number of aryl methyl sites for hydroxylation is 1. The van der Waals surface area contributed by atoms with Crippen molar-refractivity contribution < 1.29 is 9.47 Å². The first-order valence-electron chi connectivity index (χ1n) is 8.59. The highest BCUT2D eigenvalue weighted by atomic mass is 35.5. The van der Waals surface area contributed by atoms with Crippen LogP contribution < -0.4 is 9.47 Å². The Morgan fingerprint density at radius 2 is 1.78 bits per heavy atom. The van der Waals surface area contributed by atoms with Gasteiger partial charge in [-0.15, -0.1) is 11.6 Å². The smallest absolute Gasteiger partial charge is 0.130 e. The van der Waals surface area contributed by atoms with Crippen LogP contribution in [-0.4, -0.2) is 18.6 Å². The van der Waals surface area contributed by atoms with Gasteiger partial charge < -0.3 is 9.47 Å². The third kappa shape index (κ3) is 4.78. The van der Waals surface area contributed by atoms with E-state index in [9.17, 15) is 0 Å². The van der Waals surface area contributed by atoms with E-state index < -0.39 is 0 Å². The van der Waals surface area contributed by atoms with E-state index >= 15 is 0 Å². The minimum absolute atomic E-state index is 0.295. The lowest BCUT2D eigenvalue weighted by Gasteiger charge is -2.15. The van der Waals surface area contributed by atoms with Crippen LogP contribution in [0.1, 0.15) is 45.1 Å². The van der Waals surface area contributed by atoms with Crippen LogP contribution >= 0.6 is 11.6 Å². The first kappa shape index (κ1) is 17.9. The molecule has 2 rings (SSSR count). The summed E-state index contributed by atoms with van der Waals surface area (Å²) in [5.74, 6) is 1.91. The zero-order valence-corrected chi connectivity index (χ0v) is 15.2. The molecule has 3 heteroatoms. The first-order valence-corrected chi connectivity index (χ1v) is 9.03. The molecule has 0 bridgehead atoms. The van der Waals surface area contributed by atoms with E-state index in [1.165, 1.54) is 0 Å². The van der Waals surface area contributed by atoms with E-state index in [2.05, 4.69) is 32.0 Å². The Labute approximate surface area is 144 Å². The Hall–Kier alpha value is -1.41. The molecule has 0 aliphatic carbocycles. The van der Waals surface area contributed by atoms with Crippen molar-refractivity contribution in [2.45, 2.75) is 51.8 Å². The number of fused-ring (bicyclic) bond motifs is 1. The van der Waals surface area contributed by atoms with Gasteiger partial charge in [-0.1, -0.05) is 31.2 Å². The number of hydrogen-bond acceptors (Lipinski definition) is 2. The lowest BCUT2D eigenvalue weighted by molar-refractivity contribution is 0.306. The van der Waals surface area contributed by atoms with Crippen molar-refractivity contribution in [1.29, 1.82) is 0 Å². The van der Waals surface area contributed by atoms with Crippen molar-refractivity contribution in [3.8, 4) is 11.5 Å². The van der Waals surface area contributed by atoms with Gasteiger partial charge in [-0.05, 0) is 51.2 Å². The van der Waals surface area contributed by atoms with Crippen LogP contribution in [0.5, 0.6) is 11.5 Å². The SMILES string of the molecule is CCOc1c(C)cc(OCCCCC(Cl)CC)c2ccccc12. The molecule has 0 heterocycles. The second-order valence-electron chi connectivity index (χ2n) is 5.85. The van der Waals surface area contributed by atoms with Crippen LogP contribution in [0, 0.1) is 6.92 Å². The third-order valence-corrected chi connectivity index (χ3v) is 4.57. The van der Waals surface area contributed by atoms with Gasteiger partial charge in [-0.2, -0.15) is 0 Å². The van der Waals surface area contributed by atoms with Gasteiger partial charge in [0.15, 0.2) is 0 Å². The molecule has 1 atom stereocenters. The minimum Gasteiger partial charge on any atom is -0.493 e. The predicted octanol–water partition coefficient (Wildman–Crippen LogP) is 6.11. The molecule has 23 heavy (non-hydrogen) atoms. The first-order chi connectivity index (χ1) is 11.2. The summed E-state index contributed by atoms with van der Waals surface area (Å²) in [5, 5.41) is 2.53. The lowest BCUT2D eigenvalue weighted by Crippen LogP contribution is -2.02. The average molecular weight is 335 g/mol. The fraction of sp³-hybridized carbons (Fsp3) is 0.500. The van der Waals surface area contributed by atoms with Gasteiger partial charge in [0.25, 0.3) is 0 Å². The summed E-state index contributed by atoms with van der Waals surface area (Å²) in [5.41, 5.74) is 1.12. The van der Waals surface area contributed by atoms with Gasteiger partial charge in [0, 0.05) is 16.1 Å². The molecule has 0 aliphatic heterocycles. The van der Waals surface area contributed by atoms with Gasteiger partial charge in [-0.25, -0.2) is 0 Å². The van der Waals surface area contributed by atoms with Gasteiger partial charge >= 0.3 is 0 Å². The number of hydrogen-bond donors (Lipinski definition) is 0. The average Bonchev–Trinajstić information content (AvgIpc) is 2.57. The maximum Gasteiger partial charge on any atom is 0.130 e. The van der Waals surface area contributed by atoms with Crippen LogP contribution in [0.3, 0.4) is 0 Å². The third-order valence-electron chi connectivity index (χ3n) is 4.04. The molecule has 0 N–H and O–H groups in total. The van der Waals surface area contributed by atoms with Crippen molar-refractivity contribution in [1.82, 2.24) is 0 Å². The maximum absolute atomic E-state index is 6.15. The molecular formula is C20H27ClO2. The number of alkyl halides is 1. The molecule has 2 nitrogen and oxygen atoms in total. The fourth-order valence-corrected chi connectivity index (χ4v) is 2.91. The molecule has 2 aromatic carbocycles. The molecule has 0 fully saturated rings. The van der Waals surface area contributed by atoms with Crippen molar-refractivity contribution in [3.05, 3.63) is 35.9 Å². The molecule has 0 aromatic heterocycles. The minimum atomic E-state index is 0.295. The highest BCUT2D eigenvalue weighted by Gasteiger charge is 2.11. The molecule has 0 saturated heterocycles. The summed E-state index contributed by atoms with van der Waals surface area (Å²) in [6.07, 6.45) is 4.23. The Balaban J connectivity index is 2.07. The second-order valence-corrected chi connectivity index (χ2v) is 6.47. The van der Waals surface area contributed by atoms with Crippen molar-refractivity contribution in [2.24, 2.45) is 0 Å². The highest BCUT2D eigenvalue weighted by molar-refractivity contribution is 6.20. The zero-order chi connectivity index (χ0) is 16.7. The van der Waals surface area contributed by atoms with Crippen molar-refractivity contribution in [2.75, 3.05) is 13.2 Å². The van der Waals surface area contributed by atoms with Crippen molar-refractivity contribution in [3.63, 3.8) is 0 Å². The van der Waals surface area contributed by atoms with Gasteiger partial charge in [0.05, 0.1) is 13.2 Å². The summed E-state index contributed by atoms with van der Waals surface area (Å²) in [7, 11) is 0. The van der Waals surface area contributed by atoms with E-state index in [0.717, 1.165) is 60.1 Å². The summed E-state index contributed by atoms with van der Waals surface area (Å²) in [4.78, 5) is 0. The molecule has 0 aliphatic rings. The molecule has 0 saturated carbocycles. The van der Waals surface area contributed by atoms with E-state index in [1.807, 2.05) is 19.1 Å². The lowest BCUT2D eigenvalue weighted by atomic mass is 10.0. The fourth-order valence-electron chi connectivity index (χ4n) is 2.76. The number of ether oxygens (including phenoxy) is 2. The Morgan fingerprint density at radius 3 is 2.48 bits per heavy atom. The molecule has 0 radical (unpaired) electrons. The number of unbranched alkanes of at least 4 members (excludes halogenated alkanes) is 1. The maximum atomic E-state index is 6.15. The van der Waals surface area contributed by atoms with E-state index in [0.29, 0.717) is 12.0 Å². The molecular weight excluding hydrogens is 308 g/mol. The number of halogens is 1. The van der Waals surface area contributed by atoms with E-state index in [-0.39, 0.29) is 0 Å². The van der Waals surface area contributed by atoms with Gasteiger partial charge in [-0.3, -0.25) is 0 Å². The normalized spacial score (nSPS) is 12.3. The quantitative estimate of drug-likeness (QED) is 0.406. The molecule has 0 amide bonds. The summed E-state index contributed by atoms with van der Waals surface area (Å²) in [6, 6.07) is 10.4. The molecule has 1 unspecified atom stereocenters. The number of benzene rings is 2. The van der Waals surface area contributed by atoms with Gasteiger partial charge in [0.1, 0.15) is 11.5 Å². The van der Waals surface area contributed by atoms with Gasteiger partial charge in [0.2, 0.25) is 0 Å². The predicted molar refractivity (Wildman–Crippen MR) is 99.1 cm³/mol. The zero-order valence-electron chi connectivity index (χ0n) is 14.4. The van der Waals surface area contributed by atoms with E-state index in [4.69, 9.17) is 21.1 Å². The Kier molecular flexibility index (Phi) is 7.04. The second kappa shape index (κ2) is 9.02. The highest BCUT2D eigenvalue weighted by Crippen LogP contribution is 2.36. The topological polar surface area (TPSA) is 18.5 Å². The monoisotopic (exact) mass is 334 g/mol. The van der Waals surface area contributed by atoms with Crippen LogP contribution in [0.25, 0.3) is 10.8 Å². The van der Waals surface area contributed by atoms with E-state index in [1.54, 1.807) is 0 Å². The standard InChI is InChI=1S/C20H27ClO2/c1-4-16(21)10-8-9-13-23-19-14-15(3)20(22-5-2)18-12-7-6-11-17(18)19/h6-7,11-12,14,16H,4-5,8-10,13H2,1-3H3. The Bertz CT molecular complexity index is 624. The largest absolute Gasteiger partial charge is 0.493 e. The summed E-state index contributed by atoms with van der Waals surface area (Å²) < 4.78 is 11.9. The summed E-state index contributed by atoms with van der Waals surface area (Å²) in [6.45, 7) is 7.61. The summed E-state index contributed by atoms with van der Waals surface area (Å²) >= 11 is 6.15. The number of rotatable bonds is 9. The van der Waals surface area contributed by atoms with Crippen LogP contribution in [0.15, 0.2) is 30.3 Å². The van der Waals surface area contributed by atoms with Crippen LogP contribution in [-0.2, 0) is 0 Å². The van der Waals surface area contributed by atoms with Crippen molar-refractivity contribution >= 4 is 22.4 Å².